The van der Waals surface area contributed by atoms with Gasteiger partial charge in [0.05, 0.1) is 11.4 Å². The van der Waals surface area contributed by atoms with Gasteiger partial charge in [-0.25, -0.2) is 8.42 Å². The molecule has 0 spiro atoms. The summed E-state index contributed by atoms with van der Waals surface area (Å²) in [5, 5.41) is 0. The van der Waals surface area contributed by atoms with Gasteiger partial charge in [-0.1, -0.05) is 25.0 Å². The number of likely N-dealkylation sites (N-methyl/N-ethyl adjacent to an activating group) is 1. The van der Waals surface area contributed by atoms with Gasteiger partial charge in [0, 0.05) is 24.7 Å². The zero-order valence-electron chi connectivity index (χ0n) is 15.3. The van der Waals surface area contributed by atoms with Crippen LogP contribution in [0.3, 0.4) is 0 Å². The molecule has 26 heavy (non-hydrogen) atoms. The number of benzene rings is 1. The number of carbonyl (C=O) groups excluding carboxylic acids is 2. The highest BCUT2D eigenvalue weighted by Crippen LogP contribution is 2.34. The van der Waals surface area contributed by atoms with Crippen LogP contribution < -0.4 is 0 Å². The maximum Gasteiger partial charge on any atom is 0.243 e. The van der Waals surface area contributed by atoms with Crippen LogP contribution in [0.25, 0.3) is 0 Å². The molecule has 2 aliphatic rings. The third kappa shape index (κ3) is 3.99. The van der Waals surface area contributed by atoms with Gasteiger partial charge in [-0.15, -0.1) is 0 Å². The second-order valence-corrected chi connectivity index (χ2v) is 9.36. The van der Waals surface area contributed by atoms with Crippen molar-refractivity contribution in [3.63, 3.8) is 0 Å². The Kier molecular flexibility index (Phi) is 5.48. The summed E-state index contributed by atoms with van der Waals surface area (Å²) in [6.07, 6.45) is 6.35. The Balaban J connectivity index is 1.71. The number of hydrogen-bond donors (Lipinski definition) is 0. The molecule has 0 radical (unpaired) electrons. The summed E-state index contributed by atoms with van der Waals surface area (Å²) >= 11 is 0. The summed E-state index contributed by atoms with van der Waals surface area (Å²) in [5.41, 5.74) is 0.462. The number of ketones is 1. The van der Waals surface area contributed by atoms with E-state index in [1.807, 2.05) is 4.90 Å². The lowest BCUT2D eigenvalue weighted by molar-refractivity contribution is -0.134. The molecular formula is C19H26N2O4S. The number of Topliss-reactive ketones (excluding diaryl/α,β-unsaturated/α-hetero) is 1. The molecule has 2 fully saturated rings. The lowest BCUT2D eigenvalue weighted by atomic mass is 10.2. The van der Waals surface area contributed by atoms with Crippen molar-refractivity contribution < 1.29 is 18.0 Å². The molecule has 7 heteroatoms. The van der Waals surface area contributed by atoms with E-state index in [0.29, 0.717) is 5.56 Å². The van der Waals surface area contributed by atoms with Crippen molar-refractivity contribution in [2.24, 2.45) is 0 Å². The van der Waals surface area contributed by atoms with Crippen LogP contribution in [0, 0.1) is 0 Å². The number of amides is 1. The maximum absolute atomic E-state index is 12.8. The van der Waals surface area contributed by atoms with E-state index in [0.717, 1.165) is 42.8 Å². The van der Waals surface area contributed by atoms with Gasteiger partial charge in [0.1, 0.15) is 0 Å². The smallest absolute Gasteiger partial charge is 0.243 e. The molecule has 0 aliphatic heterocycles. The summed E-state index contributed by atoms with van der Waals surface area (Å²) in [4.78, 5) is 26.2. The Bertz CT molecular complexity index is 778. The Labute approximate surface area is 155 Å². The number of rotatable bonds is 7. The first-order valence-corrected chi connectivity index (χ1v) is 10.6. The topological polar surface area (TPSA) is 74.8 Å². The van der Waals surface area contributed by atoms with E-state index < -0.39 is 10.0 Å². The molecule has 0 unspecified atom stereocenters. The Morgan fingerprint density at radius 1 is 1.00 bits per heavy atom. The van der Waals surface area contributed by atoms with E-state index in [2.05, 4.69) is 0 Å². The van der Waals surface area contributed by atoms with Crippen LogP contribution in [0.2, 0.25) is 0 Å². The lowest BCUT2D eigenvalue weighted by Gasteiger charge is -2.30. The minimum atomic E-state index is -3.76. The quantitative estimate of drug-likeness (QED) is 0.683. The van der Waals surface area contributed by atoms with Crippen molar-refractivity contribution in [3.05, 3.63) is 29.8 Å². The van der Waals surface area contributed by atoms with Gasteiger partial charge in [-0.2, -0.15) is 4.31 Å². The van der Waals surface area contributed by atoms with E-state index >= 15 is 0 Å². The molecule has 0 atom stereocenters. The van der Waals surface area contributed by atoms with Gasteiger partial charge in [-0.05, 0) is 44.7 Å². The third-order valence-corrected chi connectivity index (χ3v) is 7.09. The van der Waals surface area contributed by atoms with E-state index in [1.165, 1.54) is 38.2 Å². The normalized spacial score (nSPS) is 18.3. The fourth-order valence-corrected chi connectivity index (χ4v) is 4.76. The van der Waals surface area contributed by atoms with Crippen molar-refractivity contribution in [1.82, 2.24) is 9.21 Å². The van der Waals surface area contributed by atoms with Gasteiger partial charge in [0.15, 0.2) is 5.78 Å². The zero-order valence-corrected chi connectivity index (χ0v) is 16.2. The van der Waals surface area contributed by atoms with E-state index in [4.69, 9.17) is 0 Å². The average molecular weight is 378 g/mol. The van der Waals surface area contributed by atoms with Crippen LogP contribution >= 0.6 is 0 Å². The molecule has 1 aromatic rings. The number of nitrogens with zero attached hydrogens (tertiary/aromatic N) is 2. The number of hydrogen-bond acceptors (Lipinski definition) is 4. The van der Waals surface area contributed by atoms with Gasteiger partial charge in [0.2, 0.25) is 15.9 Å². The molecule has 1 amide bonds. The molecular weight excluding hydrogens is 352 g/mol. The largest absolute Gasteiger partial charge is 0.336 e. The van der Waals surface area contributed by atoms with Crippen molar-refractivity contribution >= 4 is 21.7 Å². The van der Waals surface area contributed by atoms with Crippen molar-refractivity contribution in [2.75, 3.05) is 13.6 Å². The summed E-state index contributed by atoms with van der Waals surface area (Å²) in [5.74, 6) is -0.222. The Morgan fingerprint density at radius 3 is 2.04 bits per heavy atom. The van der Waals surface area contributed by atoms with Gasteiger partial charge in [-0.3, -0.25) is 9.59 Å². The maximum atomic E-state index is 12.8. The van der Waals surface area contributed by atoms with Gasteiger partial charge >= 0.3 is 0 Å². The Hall–Kier alpha value is -1.73. The highest BCUT2D eigenvalue weighted by molar-refractivity contribution is 7.89. The fourth-order valence-electron chi connectivity index (χ4n) is 3.64. The molecule has 0 heterocycles. The highest BCUT2D eigenvalue weighted by Gasteiger charge is 2.39. The molecule has 6 nitrogen and oxygen atoms in total. The van der Waals surface area contributed by atoms with Crippen molar-refractivity contribution in [3.8, 4) is 0 Å². The van der Waals surface area contributed by atoms with Crippen molar-refractivity contribution in [2.45, 2.75) is 62.4 Å². The first-order chi connectivity index (χ1) is 12.3. The van der Waals surface area contributed by atoms with Gasteiger partial charge < -0.3 is 4.90 Å². The standard InChI is InChI=1S/C19H26N2O4S/c1-14(22)15-7-11-18(12-8-15)26(24,25)20(2)13-19(23)21(17-9-10-17)16-5-3-4-6-16/h7-8,11-12,16-17H,3-6,9-10,13H2,1-2H3. The minimum absolute atomic E-state index is 0.0941. The molecule has 0 bridgehead atoms. The van der Waals surface area contributed by atoms with E-state index in [-0.39, 0.29) is 35.2 Å². The van der Waals surface area contributed by atoms with Crippen LogP contribution in [0.5, 0.6) is 0 Å². The third-order valence-electron chi connectivity index (χ3n) is 5.27. The van der Waals surface area contributed by atoms with E-state index in [9.17, 15) is 18.0 Å². The van der Waals surface area contributed by atoms with Crippen LogP contribution in [0.4, 0.5) is 0 Å². The summed E-state index contributed by atoms with van der Waals surface area (Å²) in [7, 11) is -2.33. The minimum Gasteiger partial charge on any atom is -0.336 e. The molecule has 0 aromatic heterocycles. The molecule has 0 N–H and O–H groups in total. The summed E-state index contributed by atoms with van der Waals surface area (Å²) in [6.45, 7) is 1.29. The molecule has 142 valence electrons. The zero-order chi connectivity index (χ0) is 18.9. The Morgan fingerprint density at radius 2 is 1.54 bits per heavy atom. The van der Waals surface area contributed by atoms with Crippen LogP contribution in [0.1, 0.15) is 55.8 Å². The molecule has 0 saturated heterocycles. The summed E-state index contributed by atoms with van der Waals surface area (Å²) in [6, 6.07) is 6.39. The van der Waals surface area contributed by atoms with Crippen molar-refractivity contribution in [1.29, 1.82) is 0 Å². The first kappa shape index (κ1) is 19.0. The second kappa shape index (κ2) is 7.48. The highest BCUT2D eigenvalue weighted by atomic mass is 32.2. The fraction of sp³-hybridized carbons (Fsp3) is 0.579. The first-order valence-electron chi connectivity index (χ1n) is 9.19. The SMILES string of the molecule is CC(=O)c1ccc(S(=O)(=O)N(C)CC(=O)N(C2CCCC2)C2CC2)cc1. The number of sulfonamides is 1. The van der Waals surface area contributed by atoms with Crippen LogP contribution in [-0.2, 0) is 14.8 Å². The predicted octanol–water partition coefficient (Wildman–Crippen LogP) is 2.44. The lowest BCUT2D eigenvalue weighted by Crippen LogP contribution is -2.46. The monoisotopic (exact) mass is 378 g/mol. The van der Waals surface area contributed by atoms with E-state index in [1.54, 1.807) is 0 Å². The predicted molar refractivity (Wildman–Crippen MR) is 98.4 cm³/mol. The average Bonchev–Trinajstić information content (AvgIpc) is 3.28. The summed E-state index contributed by atoms with van der Waals surface area (Å²) < 4.78 is 26.6. The molecule has 2 aliphatic carbocycles. The van der Waals surface area contributed by atoms with Crippen LogP contribution in [-0.4, -0.2) is 55.0 Å². The number of carbonyl (C=O) groups is 2. The molecule has 3 rings (SSSR count). The molecule has 2 saturated carbocycles. The van der Waals surface area contributed by atoms with Crippen LogP contribution in [0.15, 0.2) is 29.2 Å². The second-order valence-electron chi connectivity index (χ2n) is 7.31. The van der Waals surface area contributed by atoms with Gasteiger partial charge in [0.25, 0.3) is 0 Å². The molecule has 1 aromatic carbocycles.